The smallest absolute Gasteiger partial charge is 0.213 e. The van der Waals surface area contributed by atoms with E-state index in [1.165, 1.54) is 33.6 Å². The second-order valence-corrected chi connectivity index (χ2v) is 11.5. The second-order valence-electron chi connectivity index (χ2n) is 11.5. The maximum absolute atomic E-state index is 4.51. The average Bonchev–Trinajstić information content (AvgIpc) is 3.34. The number of rotatable bonds is 6. The normalized spacial score (nSPS) is 22.2. The van der Waals surface area contributed by atoms with Crippen LogP contribution in [0.2, 0.25) is 0 Å². The monoisotopic (exact) mass is 524 g/mol. The van der Waals surface area contributed by atoms with Gasteiger partial charge in [-0.3, -0.25) is 0 Å². The van der Waals surface area contributed by atoms with Crippen LogP contribution in [-0.2, 0) is 11.0 Å². The van der Waals surface area contributed by atoms with Gasteiger partial charge in [0.2, 0.25) is 11.4 Å². The molecule has 198 valence electrons. The fraction of sp³-hybridized carbons (Fsp3) is 0.278. The molecule has 4 nitrogen and oxygen atoms in total. The summed E-state index contributed by atoms with van der Waals surface area (Å²) in [6.45, 7) is 7.27. The second kappa shape index (κ2) is 9.48. The van der Waals surface area contributed by atoms with Gasteiger partial charge in [-0.1, -0.05) is 44.2 Å². The Kier molecular flexibility index (Phi) is 5.88. The van der Waals surface area contributed by atoms with Crippen LogP contribution < -0.4 is 9.13 Å². The number of hydrogen-bond acceptors (Lipinski definition) is 2. The van der Waals surface area contributed by atoms with Crippen molar-refractivity contribution >= 4 is 0 Å². The minimum atomic E-state index is -0.0389. The van der Waals surface area contributed by atoms with E-state index in [9.17, 15) is 0 Å². The number of benzene rings is 2. The van der Waals surface area contributed by atoms with Crippen molar-refractivity contribution in [3.63, 3.8) is 0 Å². The van der Waals surface area contributed by atoms with Gasteiger partial charge in [-0.15, -0.1) is 0 Å². The molecule has 0 amide bonds. The van der Waals surface area contributed by atoms with Crippen LogP contribution in [0.25, 0.3) is 33.9 Å². The molecule has 3 unspecified atom stereocenters. The van der Waals surface area contributed by atoms with Crippen LogP contribution in [0.3, 0.4) is 0 Å². The van der Waals surface area contributed by atoms with Gasteiger partial charge in [0.1, 0.15) is 0 Å². The molecule has 3 aromatic heterocycles. The molecule has 5 aromatic rings. The summed E-state index contributed by atoms with van der Waals surface area (Å²) < 4.78 is 5.11. The third-order valence-corrected chi connectivity index (χ3v) is 10.0. The van der Waals surface area contributed by atoms with Crippen LogP contribution >= 0.6 is 0 Å². The van der Waals surface area contributed by atoms with Crippen molar-refractivity contribution in [3.8, 4) is 33.9 Å². The summed E-state index contributed by atoms with van der Waals surface area (Å²) in [4.78, 5) is 9.02. The topological polar surface area (TPSA) is 33.5 Å². The van der Waals surface area contributed by atoms with Gasteiger partial charge >= 0.3 is 0 Å². The maximum Gasteiger partial charge on any atom is 0.213 e. The van der Waals surface area contributed by atoms with Gasteiger partial charge in [0.25, 0.3) is 0 Å². The summed E-state index contributed by atoms with van der Waals surface area (Å²) in [5.41, 5.74) is 9.18. The molecular formula is C36H36N4+2. The molecule has 7 rings (SSSR count). The van der Waals surface area contributed by atoms with Crippen LogP contribution in [0.1, 0.15) is 63.6 Å². The van der Waals surface area contributed by atoms with Gasteiger partial charge in [0, 0.05) is 67.0 Å². The van der Waals surface area contributed by atoms with Crippen molar-refractivity contribution in [3.05, 3.63) is 121 Å². The minimum absolute atomic E-state index is 0.0114. The zero-order chi connectivity index (χ0) is 27.3. The lowest BCUT2D eigenvalue weighted by Gasteiger charge is -2.48. The van der Waals surface area contributed by atoms with E-state index >= 15 is 0 Å². The number of fused-ring (bicyclic) bond motifs is 6. The van der Waals surface area contributed by atoms with E-state index in [0.29, 0.717) is 0 Å². The summed E-state index contributed by atoms with van der Waals surface area (Å²) in [5.74, 6) is 0.772. The van der Waals surface area contributed by atoms with Crippen LogP contribution in [0.15, 0.2) is 110 Å². The van der Waals surface area contributed by atoms with Crippen LogP contribution in [-0.4, -0.2) is 9.97 Å². The highest BCUT2D eigenvalue weighted by Crippen LogP contribution is 2.52. The fourth-order valence-corrected chi connectivity index (χ4v) is 7.83. The zero-order valence-electron chi connectivity index (χ0n) is 23.6. The van der Waals surface area contributed by atoms with Crippen molar-refractivity contribution in [1.82, 2.24) is 9.97 Å². The molecule has 0 saturated carbocycles. The molecule has 0 fully saturated rings. The molecule has 4 heteroatoms. The Morgan fingerprint density at radius 2 is 1.50 bits per heavy atom. The van der Waals surface area contributed by atoms with E-state index in [1.807, 2.05) is 18.5 Å². The summed E-state index contributed by atoms with van der Waals surface area (Å²) >= 11 is 0. The lowest BCUT2D eigenvalue weighted by molar-refractivity contribution is -0.772. The average molecular weight is 525 g/mol. The van der Waals surface area contributed by atoms with Gasteiger partial charge in [0.05, 0.1) is 16.5 Å². The molecule has 0 saturated heterocycles. The Hall–Kier alpha value is -4.18. The first-order valence-corrected chi connectivity index (χ1v) is 14.6. The van der Waals surface area contributed by atoms with Crippen molar-refractivity contribution < 1.29 is 9.13 Å². The highest BCUT2D eigenvalue weighted by molar-refractivity contribution is 5.72. The fourth-order valence-electron chi connectivity index (χ4n) is 7.83. The summed E-state index contributed by atoms with van der Waals surface area (Å²) in [6.07, 6.45) is 12.5. The number of hydrogen-bond donors (Lipinski definition) is 0. The molecule has 2 aliphatic heterocycles. The molecule has 0 radical (unpaired) electrons. The number of aromatic nitrogens is 4. The molecule has 2 aromatic carbocycles. The first-order valence-electron chi connectivity index (χ1n) is 14.6. The molecule has 3 atom stereocenters. The third kappa shape index (κ3) is 3.45. The molecule has 0 bridgehead atoms. The zero-order valence-corrected chi connectivity index (χ0v) is 23.6. The Morgan fingerprint density at radius 1 is 0.750 bits per heavy atom. The Bertz CT molecular complexity index is 1710. The van der Waals surface area contributed by atoms with E-state index in [2.05, 4.69) is 131 Å². The summed E-state index contributed by atoms with van der Waals surface area (Å²) in [7, 11) is 0. The van der Waals surface area contributed by atoms with E-state index in [0.717, 1.165) is 37.1 Å². The predicted octanol–water partition coefficient (Wildman–Crippen LogP) is 7.22. The van der Waals surface area contributed by atoms with Crippen molar-refractivity contribution in [2.75, 3.05) is 0 Å². The molecule has 40 heavy (non-hydrogen) atoms. The van der Waals surface area contributed by atoms with Gasteiger partial charge in [-0.05, 0) is 49.2 Å². The third-order valence-electron chi connectivity index (χ3n) is 10.0. The molecule has 0 N–H and O–H groups in total. The minimum Gasteiger partial charge on any atom is -0.237 e. The Morgan fingerprint density at radius 3 is 2.30 bits per heavy atom. The first-order chi connectivity index (χ1) is 19.6. The van der Waals surface area contributed by atoms with Gasteiger partial charge in [0.15, 0.2) is 29.8 Å². The lowest BCUT2D eigenvalue weighted by atomic mass is 9.58. The van der Waals surface area contributed by atoms with Crippen molar-refractivity contribution in [1.29, 1.82) is 0 Å². The van der Waals surface area contributed by atoms with Crippen LogP contribution in [0.4, 0.5) is 0 Å². The number of nitrogens with zero attached hydrogens (tertiary/aromatic N) is 4. The molecule has 0 aliphatic carbocycles. The summed E-state index contributed by atoms with van der Waals surface area (Å²) in [5, 5.41) is 0. The highest BCUT2D eigenvalue weighted by atomic mass is 15.1. The molecule has 2 aliphatic rings. The largest absolute Gasteiger partial charge is 0.237 e. The molecular weight excluding hydrogens is 488 g/mol. The quantitative estimate of drug-likeness (QED) is 0.220. The van der Waals surface area contributed by atoms with Crippen LogP contribution in [0.5, 0.6) is 0 Å². The van der Waals surface area contributed by atoms with E-state index < -0.39 is 0 Å². The number of pyridine rings is 2. The van der Waals surface area contributed by atoms with Gasteiger partial charge in [-0.2, -0.15) is 9.13 Å². The first kappa shape index (κ1) is 24.8. The SMILES string of the molecule is CCC1(C)c2ccccc2-c2cccc[n+]2C1(CC)CCC1c2ccc(-c3ncccn3)cc2-c2cccc[n+]21. The Labute approximate surface area is 237 Å². The summed E-state index contributed by atoms with van der Waals surface area (Å²) in [6, 6.07) is 31.3. The van der Waals surface area contributed by atoms with Crippen molar-refractivity contribution in [2.24, 2.45) is 0 Å². The standard InChI is InChI=1S/C36H36N4/c1-4-35(3)30-14-7-6-13-28(30)33-16-9-11-24-40(33)36(35,5-2)20-19-32-27-18-17-26(34-37-21-12-22-38-34)25-29(27)31-15-8-10-23-39(31)32/h6-18,21-25,32H,4-5,19-20H2,1-3H3/q+2. The lowest BCUT2D eigenvalue weighted by Crippen LogP contribution is -2.69. The van der Waals surface area contributed by atoms with E-state index in [4.69, 9.17) is 0 Å². The van der Waals surface area contributed by atoms with Crippen molar-refractivity contribution in [2.45, 2.75) is 63.5 Å². The van der Waals surface area contributed by atoms with Crippen LogP contribution in [0, 0.1) is 0 Å². The van der Waals surface area contributed by atoms with E-state index in [1.54, 1.807) is 0 Å². The van der Waals surface area contributed by atoms with E-state index in [-0.39, 0.29) is 17.0 Å². The molecule has 5 heterocycles. The molecule has 0 spiro atoms. The highest BCUT2D eigenvalue weighted by Gasteiger charge is 2.59. The van der Waals surface area contributed by atoms with Gasteiger partial charge < -0.3 is 0 Å². The predicted molar refractivity (Wildman–Crippen MR) is 158 cm³/mol. The van der Waals surface area contributed by atoms with Gasteiger partial charge in [-0.25, -0.2) is 9.97 Å². The Balaban J connectivity index is 1.33. The maximum atomic E-state index is 4.51.